The molecule has 0 saturated heterocycles. The fourth-order valence-electron chi connectivity index (χ4n) is 2.73. The fraction of sp³-hybridized carbons (Fsp3) is 0.625. The van der Waals surface area contributed by atoms with Gasteiger partial charge in [-0.2, -0.15) is 5.10 Å². The van der Waals surface area contributed by atoms with Gasteiger partial charge in [0.2, 0.25) is 0 Å². The van der Waals surface area contributed by atoms with Gasteiger partial charge in [-0.3, -0.25) is 0 Å². The molecule has 0 aliphatic heterocycles. The molecular weight excluding hydrogens is 264 g/mol. The summed E-state index contributed by atoms with van der Waals surface area (Å²) < 4.78 is 1.89. The van der Waals surface area contributed by atoms with Gasteiger partial charge in [-0.05, 0) is 24.8 Å². The van der Waals surface area contributed by atoms with Gasteiger partial charge in [-0.25, -0.2) is 9.50 Å². The number of hydrogen-bond acceptors (Lipinski definition) is 4. The minimum absolute atomic E-state index is 0.129. The van der Waals surface area contributed by atoms with Gasteiger partial charge in [0.25, 0.3) is 0 Å². The second-order valence-electron chi connectivity index (χ2n) is 5.69. The molecule has 0 saturated carbocycles. The number of aliphatic hydroxyl groups is 1. The van der Waals surface area contributed by atoms with Crippen molar-refractivity contribution in [1.29, 1.82) is 0 Å². The normalized spacial score (nSPS) is 11.8. The van der Waals surface area contributed by atoms with Crippen molar-refractivity contribution >= 4 is 11.3 Å². The quantitative estimate of drug-likeness (QED) is 0.852. The third-order valence-electron chi connectivity index (χ3n) is 3.98. The maximum atomic E-state index is 9.41. The first-order valence-corrected chi connectivity index (χ1v) is 7.84. The van der Waals surface area contributed by atoms with Crippen LogP contribution in [0.4, 0.5) is 5.82 Å². The third-order valence-corrected chi connectivity index (χ3v) is 3.98. The fourth-order valence-corrected chi connectivity index (χ4v) is 2.73. The Balaban J connectivity index is 2.51. The van der Waals surface area contributed by atoms with Crippen LogP contribution in [0.2, 0.25) is 0 Å². The van der Waals surface area contributed by atoms with Crippen LogP contribution < -0.4 is 4.90 Å². The highest BCUT2D eigenvalue weighted by Crippen LogP contribution is 2.25. The molecule has 0 atom stereocenters. The average Bonchev–Trinajstić information content (AvgIpc) is 2.92. The van der Waals surface area contributed by atoms with Gasteiger partial charge in [0.15, 0.2) is 5.82 Å². The Bertz CT molecular complexity index is 575. The molecule has 0 amide bonds. The van der Waals surface area contributed by atoms with Crippen molar-refractivity contribution in [1.82, 2.24) is 14.6 Å². The van der Waals surface area contributed by atoms with Crippen molar-refractivity contribution in [2.75, 3.05) is 18.1 Å². The molecule has 5 nitrogen and oxygen atoms in total. The summed E-state index contributed by atoms with van der Waals surface area (Å²) in [5.41, 5.74) is 2.08. The summed E-state index contributed by atoms with van der Waals surface area (Å²) in [4.78, 5) is 6.78. The van der Waals surface area contributed by atoms with Crippen molar-refractivity contribution < 1.29 is 5.11 Å². The van der Waals surface area contributed by atoms with Gasteiger partial charge in [-0.15, -0.1) is 0 Å². The van der Waals surface area contributed by atoms with Crippen LogP contribution in [0, 0.1) is 0 Å². The van der Waals surface area contributed by atoms with Crippen LogP contribution in [0.1, 0.15) is 52.1 Å². The lowest BCUT2D eigenvalue weighted by molar-refractivity contribution is 0.295. The summed E-state index contributed by atoms with van der Waals surface area (Å²) in [6.07, 6.45) is 5.73. The van der Waals surface area contributed by atoms with Gasteiger partial charge < -0.3 is 10.0 Å². The Morgan fingerprint density at radius 2 is 2.00 bits per heavy atom. The zero-order valence-electron chi connectivity index (χ0n) is 13.5. The summed E-state index contributed by atoms with van der Waals surface area (Å²) in [5, 5.41) is 14.0. The number of rotatable bonds is 7. The van der Waals surface area contributed by atoms with E-state index in [-0.39, 0.29) is 6.61 Å². The number of nitrogens with zero attached hydrogens (tertiary/aromatic N) is 4. The van der Waals surface area contributed by atoms with Gasteiger partial charge in [-0.1, -0.05) is 27.7 Å². The maximum absolute atomic E-state index is 9.41. The average molecular weight is 290 g/mol. The molecule has 0 aliphatic rings. The van der Waals surface area contributed by atoms with Gasteiger partial charge in [0.05, 0.1) is 12.3 Å². The Hall–Kier alpha value is -1.62. The van der Waals surface area contributed by atoms with E-state index in [4.69, 9.17) is 0 Å². The molecule has 1 N–H and O–H groups in total. The molecular formula is C16H26N4O. The zero-order valence-corrected chi connectivity index (χ0v) is 13.5. The molecule has 5 heteroatoms. The number of hydrogen-bond donors (Lipinski definition) is 1. The van der Waals surface area contributed by atoms with E-state index in [1.807, 2.05) is 10.7 Å². The van der Waals surface area contributed by atoms with E-state index >= 15 is 0 Å². The van der Waals surface area contributed by atoms with E-state index in [1.165, 1.54) is 0 Å². The van der Waals surface area contributed by atoms with E-state index in [2.05, 4.69) is 48.7 Å². The van der Waals surface area contributed by atoms with Crippen LogP contribution in [0.25, 0.3) is 5.52 Å². The summed E-state index contributed by atoms with van der Waals surface area (Å²) in [6, 6.07) is 2.49. The molecule has 2 aromatic rings. The highest BCUT2D eigenvalue weighted by Gasteiger charge is 2.20. The van der Waals surface area contributed by atoms with Crippen molar-refractivity contribution in [2.24, 2.45) is 0 Å². The first kappa shape index (κ1) is 15.8. The van der Waals surface area contributed by atoms with Gasteiger partial charge >= 0.3 is 0 Å². The monoisotopic (exact) mass is 290 g/mol. The number of aliphatic hydroxyl groups excluding tert-OH is 1. The minimum atomic E-state index is 0.129. The Kier molecular flexibility index (Phi) is 5.17. The summed E-state index contributed by atoms with van der Waals surface area (Å²) >= 11 is 0. The molecule has 0 aliphatic carbocycles. The molecule has 0 radical (unpaired) electrons. The second-order valence-corrected chi connectivity index (χ2v) is 5.69. The second kappa shape index (κ2) is 6.89. The molecule has 0 fully saturated rings. The Labute approximate surface area is 126 Å². The van der Waals surface area contributed by atoms with Crippen molar-refractivity contribution in [3.05, 3.63) is 24.2 Å². The summed E-state index contributed by atoms with van der Waals surface area (Å²) in [7, 11) is 0. The Morgan fingerprint density at radius 3 is 2.57 bits per heavy atom. The van der Waals surface area contributed by atoms with E-state index in [9.17, 15) is 5.11 Å². The van der Waals surface area contributed by atoms with Gasteiger partial charge in [0, 0.05) is 25.0 Å². The largest absolute Gasteiger partial charge is 0.395 e. The molecule has 116 valence electrons. The summed E-state index contributed by atoms with van der Waals surface area (Å²) in [6.45, 7) is 9.36. The van der Waals surface area contributed by atoms with E-state index in [1.54, 1.807) is 6.20 Å². The minimum Gasteiger partial charge on any atom is -0.395 e. The predicted octanol–water partition coefficient (Wildman–Crippen LogP) is 2.84. The highest BCUT2D eigenvalue weighted by atomic mass is 16.3. The first-order valence-electron chi connectivity index (χ1n) is 7.84. The molecule has 2 rings (SSSR count). The predicted molar refractivity (Wildman–Crippen MR) is 85.9 cm³/mol. The van der Waals surface area contributed by atoms with Gasteiger partial charge in [0.1, 0.15) is 5.52 Å². The molecule has 2 heterocycles. The van der Waals surface area contributed by atoms with Crippen LogP contribution in [-0.4, -0.2) is 38.9 Å². The molecule has 0 unspecified atom stereocenters. The first-order chi connectivity index (χ1) is 10.1. The highest BCUT2D eigenvalue weighted by molar-refractivity contribution is 5.69. The van der Waals surface area contributed by atoms with Crippen molar-refractivity contribution in [3.8, 4) is 0 Å². The van der Waals surface area contributed by atoms with Crippen LogP contribution in [0.3, 0.4) is 0 Å². The smallest absolute Gasteiger partial charge is 0.155 e. The molecule has 0 aromatic carbocycles. The molecule has 21 heavy (non-hydrogen) atoms. The SMILES string of the molecule is CCC(CC)N(CCO)c1nccn2nc(C(C)C)cc12. The summed E-state index contributed by atoms with van der Waals surface area (Å²) in [5.74, 6) is 1.30. The van der Waals surface area contributed by atoms with E-state index in [0.717, 1.165) is 29.9 Å². The third kappa shape index (κ3) is 3.18. The lowest BCUT2D eigenvalue weighted by Crippen LogP contribution is -2.37. The van der Waals surface area contributed by atoms with Crippen LogP contribution in [0.15, 0.2) is 18.5 Å². The Morgan fingerprint density at radius 1 is 1.29 bits per heavy atom. The molecule has 0 bridgehead atoms. The lowest BCUT2D eigenvalue weighted by atomic mass is 10.1. The zero-order chi connectivity index (χ0) is 15.4. The maximum Gasteiger partial charge on any atom is 0.155 e. The van der Waals surface area contributed by atoms with Crippen LogP contribution >= 0.6 is 0 Å². The number of aromatic nitrogens is 3. The van der Waals surface area contributed by atoms with Crippen LogP contribution in [0.5, 0.6) is 0 Å². The van der Waals surface area contributed by atoms with Crippen molar-refractivity contribution in [2.45, 2.75) is 52.5 Å². The number of fused-ring (bicyclic) bond motifs is 1. The van der Waals surface area contributed by atoms with Crippen molar-refractivity contribution in [3.63, 3.8) is 0 Å². The standard InChI is InChI=1S/C16H26N4O/c1-5-13(6-2)19(9-10-21)16-15-11-14(12(3)4)18-20(15)8-7-17-16/h7-8,11-13,21H,5-6,9-10H2,1-4H3. The lowest BCUT2D eigenvalue weighted by Gasteiger charge is -2.31. The van der Waals surface area contributed by atoms with E-state index < -0.39 is 0 Å². The number of anilines is 1. The topological polar surface area (TPSA) is 53.7 Å². The van der Waals surface area contributed by atoms with Crippen LogP contribution in [-0.2, 0) is 0 Å². The molecule has 2 aromatic heterocycles. The van der Waals surface area contributed by atoms with E-state index in [0.29, 0.717) is 18.5 Å². The molecule has 0 spiro atoms.